The maximum atomic E-state index is 12.9. The van der Waals surface area contributed by atoms with Crippen LogP contribution in [0.5, 0.6) is 0 Å². The Morgan fingerprint density at radius 3 is 2.42 bits per heavy atom. The highest BCUT2D eigenvalue weighted by atomic mass is 16.2. The van der Waals surface area contributed by atoms with Gasteiger partial charge in [0.05, 0.1) is 0 Å². The van der Waals surface area contributed by atoms with Crippen LogP contribution in [0.1, 0.15) is 41.3 Å². The minimum Gasteiger partial charge on any atom is -0.336 e. The number of nitrogens with two attached hydrogens (primary N) is 1. The third kappa shape index (κ3) is 4.51. The summed E-state index contributed by atoms with van der Waals surface area (Å²) in [5.41, 5.74) is 8.80. The second-order valence-electron chi connectivity index (χ2n) is 7.05. The minimum absolute atomic E-state index is 0.133. The van der Waals surface area contributed by atoms with Gasteiger partial charge in [0.1, 0.15) is 0 Å². The number of benzene rings is 2. The molecular weight excluding hydrogens is 322 g/mol. The first-order valence-electron chi connectivity index (χ1n) is 9.57. The summed E-state index contributed by atoms with van der Waals surface area (Å²) in [4.78, 5) is 17.4. The monoisotopic (exact) mass is 351 g/mol. The highest BCUT2D eigenvalue weighted by Crippen LogP contribution is 2.19. The van der Waals surface area contributed by atoms with Crippen LogP contribution in [0.15, 0.2) is 54.6 Å². The number of nitrogens with zero attached hydrogens (tertiary/aromatic N) is 2. The molecule has 4 nitrogen and oxygen atoms in total. The van der Waals surface area contributed by atoms with Crippen LogP contribution >= 0.6 is 0 Å². The molecule has 1 atom stereocenters. The van der Waals surface area contributed by atoms with Crippen LogP contribution in [0.3, 0.4) is 0 Å². The van der Waals surface area contributed by atoms with E-state index in [1.54, 1.807) is 0 Å². The van der Waals surface area contributed by atoms with Crippen LogP contribution in [0, 0.1) is 0 Å². The first-order chi connectivity index (χ1) is 12.7. The fourth-order valence-corrected chi connectivity index (χ4v) is 3.68. The summed E-state index contributed by atoms with van der Waals surface area (Å²) in [6.45, 7) is 6.19. The van der Waals surface area contributed by atoms with E-state index in [9.17, 15) is 4.79 Å². The lowest BCUT2D eigenvalue weighted by atomic mass is 10.0. The number of piperazine rings is 1. The van der Waals surface area contributed by atoms with E-state index in [2.05, 4.69) is 42.2 Å². The van der Waals surface area contributed by atoms with Crippen molar-refractivity contribution >= 4 is 5.91 Å². The zero-order valence-electron chi connectivity index (χ0n) is 15.6. The number of rotatable bonds is 6. The van der Waals surface area contributed by atoms with Gasteiger partial charge in [-0.2, -0.15) is 0 Å². The first-order valence-corrected chi connectivity index (χ1v) is 9.57. The minimum atomic E-state index is 0.133. The smallest absolute Gasteiger partial charge is 0.253 e. The van der Waals surface area contributed by atoms with Crippen LogP contribution in [-0.4, -0.2) is 41.4 Å². The van der Waals surface area contributed by atoms with Crippen molar-refractivity contribution in [3.8, 4) is 0 Å². The normalized spacial score (nSPS) is 18.1. The van der Waals surface area contributed by atoms with E-state index in [-0.39, 0.29) is 5.91 Å². The molecule has 1 saturated heterocycles. The van der Waals surface area contributed by atoms with Crippen molar-refractivity contribution in [3.63, 3.8) is 0 Å². The fourth-order valence-electron chi connectivity index (χ4n) is 3.68. The Labute approximate surface area is 156 Å². The number of hydrogen-bond donors (Lipinski definition) is 1. The van der Waals surface area contributed by atoms with Crippen LogP contribution < -0.4 is 5.73 Å². The molecule has 0 radical (unpaired) electrons. The maximum Gasteiger partial charge on any atom is 0.253 e. The van der Waals surface area contributed by atoms with Crippen molar-refractivity contribution in [1.29, 1.82) is 0 Å². The molecule has 1 unspecified atom stereocenters. The molecule has 0 spiro atoms. The van der Waals surface area contributed by atoms with Crippen molar-refractivity contribution in [1.82, 2.24) is 9.80 Å². The van der Waals surface area contributed by atoms with E-state index in [1.165, 1.54) is 5.56 Å². The van der Waals surface area contributed by atoms with Gasteiger partial charge in [0.25, 0.3) is 5.91 Å². The topological polar surface area (TPSA) is 49.6 Å². The van der Waals surface area contributed by atoms with E-state index < -0.39 is 0 Å². The van der Waals surface area contributed by atoms with Crippen LogP contribution in [-0.2, 0) is 13.1 Å². The Balaban J connectivity index is 1.67. The van der Waals surface area contributed by atoms with Crippen LogP contribution in [0.25, 0.3) is 0 Å². The molecular formula is C22H29N3O. The summed E-state index contributed by atoms with van der Waals surface area (Å²) in [6.07, 6.45) is 2.24. The third-order valence-electron chi connectivity index (χ3n) is 5.18. The van der Waals surface area contributed by atoms with Gasteiger partial charge >= 0.3 is 0 Å². The maximum absolute atomic E-state index is 12.9. The summed E-state index contributed by atoms with van der Waals surface area (Å²) >= 11 is 0. The van der Waals surface area contributed by atoms with Crippen molar-refractivity contribution in [3.05, 3.63) is 71.3 Å². The van der Waals surface area contributed by atoms with Crippen LogP contribution in [0.4, 0.5) is 0 Å². The molecule has 26 heavy (non-hydrogen) atoms. The van der Waals surface area contributed by atoms with Crippen molar-refractivity contribution in [2.75, 3.05) is 19.6 Å². The summed E-state index contributed by atoms with van der Waals surface area (Å²) in [6, 6.07) is 18.7. The molecule has 1 amide bonds. The Morgan fingerprint density at radius 1 is 1.04 bits per heavy atom. The van der Waals surface area contributed by atoms with E-state index in [0.29, 0.717) is 12.6 Å². The summed E-state index contributed by atoms with van der Waals surface area (Å²) < 4.78 is 0. The van der Waals surface area contributed by atoms with Crippen molar-refractivity contribution in [2.45, 2.75) is 38.9 Å². The Morgan fingerprint density at radius 2 is 1.77 bits per heavy atom. The van der Waals surface area contributed by atoms with Crippen LogP contribution in [0.2, 0.25) is 0 Å². The van der Waals surface area contributed by atoms with E-state index in [1.807, 2.05) is 29.2 Å². The number of hydrogen-bond acceptors (Lipinski definition) is 3. The van der Waals surface area contributed by atoms with Crippen molar-refractivity contribution in [2.24, 2.45) is 5.73 Å². The lowest BCUT2D eigenvalue weighted by molar-refractivity contribution is 0.0438. The molecule has 0 aliphatic carbocycles. The standard InChI is InChI=1S/C22H29N3O/c1-2-6-21-17-25(22(26)20-11-9-18(15-23)10-12-20)14-13-24(21)16-19-7-4-3-5-8-19/h3-5,7-12,21H,2,6,13-17,23H2,1H3. The molecule has 2 aromatic rings. The zero-order valence-corrected chi connectivity index (χ0v) is 15.6. The fraction of sp³-hybridized carbons (Fsp3) is 0.409. The van der Waals surface area contributed by atoms with Gasteiger partial charge in [0, 0.05) is 44.3 Å². The molecule has 2 N–H and O–H groups in total. The lowest BCUT2D eigenvalue weighted by Gasteiger charge is -2.41. The molecule has 2 aromatic carbocycles. The van der Waals surface area contributed by atoms with Gasteiger partial charge in [-0.05, 0) is 29.7 Å². The first kappa shape index (κ1) is 18.6. The molecule has 4 heteroatoms. The van der Waals surface area contributed by atoms with Gasteiger partial charge in [0.15, 0.2) is 0 Å². The molecule has 1 fully saturated rings. The predicted molar refractivity (Wildman–Crippen MR) is 106 cm³/mol. The van der Waals surface area contributed by atoms with Gasteiger partial charge in [0.2, 0.25) is 0 Å². The predicted octanol–water partition coefficient (Wildman–Crippen LogP) is 3.27. The van der Waals surface area contributed by atoms with E-state index in [4.69, 9.17) is 5.73 Å². The van der Waals surface area contributed by atoms with E-state index >= 15 is 0 Å². The quantitative estimate of drug-likeness (QED) is 0.869. The molecule has 138 valence electrons. The van der Waals surface area contributed by atoms with Gasteiger partial charge < -0.3 is 10.6 Å². The molecule has 0 saturated carbocycles. The SMILES string of the molecule is CCCC1CN(C(=O)c2ccc(CN)cc2)CCN1Cc1ccccc1. The number of carbonyl (C=O) groups excluding carboxylic acids is 1. The Hall–Kier alpha value is -2.17. The molecule has 1 aliphatic rings. The Bertz CT molecular complexity index is 699. The molecule has 1 heterocycles. The lowest BCUT2D eigenvalue weighted by Crippen LogP contribution is -2.54. The molecule has 0 aromatic heterocycles. The van der Waals surface area contributed by atoms with Crippen molar-refractivity contribution < 1.29 is 4.79 Å². The highest BCUT2D eigenvalue weighted by molar-refractivity contribution is 5.94. The summed E-state index contributed by atoms with van der Waals surface area (Å²) in [5.74, 6) is 0.133. The molecule has 1 aliphatic heterocycles. The van der Waals surface area contributed by atoms with Gasteiger partial charge in [-0.1, -0.05) is 55.8 Å². The summed E-state index contributed by atoms with van der Waals surface area (Å²) in [7, 11) is 0. The zero-order chi connectivity index (χ0) is 18.4. The number of amides is 1. The third-order valence-corrected chi connectivity index (χ3v) is 5.18. The summed E-state index contributed by atoms with van der Waals surface area (Å²) in [5, 5.41) is 0. The molecule has 0 bridgehead atoms. The van der Waals surface area contributed by atoms with Gasteiger partial charge in [-0.25, -0.2) is 0 Å². The Kier molecular flexibility index (Phi) is 6.42. The number of carbonyl (C=O) groups is 1. The second-order valence-corrected chi connectivity index (χ2v) is 7.05. The second kappa shape index (κ2) is 8.97. The highest BCUT2D eigenvalue weighted by Gasteiger charge is 2.29. The van der Waals surface area contributed by atoms with Gasteiger partial charge in [-0.3, -0.25) is 9.69 Å². The molecule has 3 rings (SSSR count). The largest absolute Gasteiger partial charge is 0.336 e. The average Bonchev–Trinajstić information content (AvgIpc) is 2.70. The van der Waals surface area contributed by atoms with Gasteiger partial charge in [-0.15, -0.1) is 0 Å². The average molecular weight is 351 g/mol. The van der Waals surface area contributed by atoms with E-state index in [0.717, 1.165) is 50.1 Å².